The number of carbonyl (C=O) groups is 2. The predicted octanol–water partition coefficient (Wildman–Crippen LogP) is 4.76. The van der Waals surface area contributed by atoms with Crippen LogP contribution in [0.5, 0.6) is 5.75 Å². The number of allylic oxidation sites excluding steroid dienone is 1. The Morgan fingerprint density at radius 3 is 2.18 bits per heavy atom. The quantitative estimate of drug-likeness (QED) is 0.290. The van der Waals surface area contributed by atoms with Crippen LogP contribution in [0.1, 0.15) is 45.3 Å². The fraction of sp³-hybridized carbons (Fsp3) is 0.353. The molecule has 10 heteroatoms. The molecule has 2 amide bonds. The molecule has 2 fully saturated rings. The fourth-order valence-corrected chi connectivity index (χ4v) is 12.6. The largest absolute Gasteiger partial charge is 0.508 e. The molecule has 2 saturated heterocycles. The Balaban J connectivity index is 1.45. The molecule has 3 aromatic rings. The molecule has 0 bridgehead atoms. The zero-order chi connectivity index (χ0) is 31.4. The van der Waals surface area contributed by atoms with Crippen molar-refractivity contribution < 1.29 is 28.8 Å². The van der Waals surface area contributed by atoms with E-state index in [0.717, 1.165) is 20.4 Å². The van der Waals surface area contributed by atoms with E-state index in [1.165, 1.54) is 11.9 Å². The summed E-state index contributed by atoms with van der Waals surface area (Å²) in [5, 5.41) is 24.3. The number of benzene rings is 3. The average Bonchev–Trinajstić information content (AvgIpc) is 3.22. The highest BCUT2D eigenvalue weighted by molar-refractivity contribution is 9.10. The number of fused-ring (bicyclic) bond motifs is 3. The van der Waals surface area contributed by atoms with Crippen LogP contribution in [0.25, 0.3) is 0 Å². The molecule has 7 nitrogen and oxygen atoms in total. The highest BCUT2D eigenvalue weighted by atomic mass is 79.9. The maximum Gasteiger partial charge on any atom is 0.487 e. The van der Waals surface area contributed by atoms with Crippen molar-refractivity contribution in [2.24, 2.45) is 17.8 Å². The predicted molar refractivity (Wildman–Crippen MR) is 176 cm³/mol. The topological polar surface area (TPSA) is 96.3 Å². The third kappa shape index (κ3) is 5.10. The number of imide groups is 1. The number of likely N-dealkylation sites (tertiary alicyclic amines) is 1. The molecule has 1 aliphatic carbocycles. The molecule has 2 N–H and O–H groups in total. The fourth-order valence-electron chi connectivity index (χ4n) is 7.64. The van der Waals surface area contributed by atoms with Gasteiger partial charge in [-0.15, -0.1) is 0 Å². The number of hydrogen-bond donors (Lipinski definition) is 2. The Morgan fingerprint density at radius 1 is 0.977 bits per heavy atom. The second-order valence-corrected chi connectivity index (χ2v) is 18.3. The van der Waals surface area contributed by atoms with Crippen molar-refractivity contribution in [1.82, 2.24) is 4.90 Å². The Hall–Kier alpha value is -3.02. The lowest BCUT2D eigenvalue weighted by atomic mass is 9.55. The standard InChI is InChI=1S/C34H37BBrNO6Si/c1-34(2,3)44(23-11-7-5-8-12-23,24-13-9-6-10-14-24)42-20-21-17-27-30(33(40)37(4)32(27)39)26-19-29(43-35(41)31(21)26)25-18-22(36)15-16-28(25)38/h5-16,18,26-27,29-30,38,41H,17,19-20H2,1-4H3/t26-,27-,29-,30+/m0/s1. The van der Waals surface area contributed by atoms with Crippen LogP contribution in [0, 0.1) is 17.8 Å². The molecule has 0 unspecified atom stereocenters. The maximum atomic E-state index is 13.5. The summed E-state index contributed by atoms with van der Waals surface area (Å²) in [7, 11) is -2.71. The van der Waals surface area contributed by atoms with Gasteiger partial charge in [-0.2, -0.15) is 0 Å². The molecule has 3 aromatic carbocycles. The van der Waals surface area contributed by atoms with Gasteiger partial charge in [-0.25, -0.2) is 0 Å². The van der Waals surface area contributed by atoms with E-state index >= 15 is 0 Å². The number of halogens is 1. The van der Waals surface area contributed by atoms with Crippen molar-refractivity contribution in [2.75, 3.05) is 13.7 Å². The maximum absolute atomic E-state index is 13.5. The van der Waals surface area contributed by atoms with Gasteiger partial charge in [-0.1, -0.05) is 97.4 Å². The third-order valence-electron chi connectivity index (χ3n) is 9.65. The Bertz CT molecular complexity index is 1570. The number of hydrogen-bond acceptors (Lipinski definition) is 6. The molecular weight excluding hydrogens is 637 g/mol. The summed E-state index contributed by atoms with van der Waals surface area (Å²) >= 11 is 3.46. The van der Waals surface area contributed by atoms with Gasteiger partial charge in [0.2, 0.25) is 11.8 Å². The number of rotatable bonds is 6. The molecule has 4 atom stereocenters. The monoisotopic (exact) mass is 673 g/mol. The van der Waals surface area contributed by atoms with E-state index in [9.17, 15) is 19.7 Å². The summed E-state index contributed by atoms with van der Waals surface area (Å²) < 4.78 is 14.2. The number of phenolic OH excluding ortho intramolecular Hbond substituents is 1. The van der Waals surface area contributed by atoms with Crippen LogP contribution in [-0.2, 0) is 18.7 Å². The van der Waals surface area contributed by atoms with Crippen LogP contribution in [-0.4, -0.2) is 55.9 Å². The van der Waals surface area contributed by atoms with Crippen molar-refractivity contribution in [3.05, 3.63) is 99.9 Å². The van der Waals surface area contributed by atoms with E-state index in [1.54, 1.807) is 18.2 Å². The third-order valence-corrected chi connectivity index (χ3v) is 15.1. The Morgan fingerprint density at radius 2 is 1.59 bits per heavy atom. The summed E-state index contributed by atoms with van der Waals surface area (Å²) in [5.74, 6) is -1.98. The molecule has 0 aromatic heterocycles. The molecular formula is C34H37BBrNO6Si. The normalized spacial score (nSPS) is 24.0. The van der Waals surface area contributed by atoms with Crippen LogP contribution in [0.3, 0.4) is 0 Å². The van der Waals surface area contributed by atoms with Gasteiger partial charge >= 0.3 is 7.12 Å². The molecule has 228 valence electrons. The van der Waals surface area contributed by atoms with E-state index in [-0.39, 0.29) is 29.2 Å². The molecule has 2 heterocycles. The number of aromatic hydroxyl groups is 1. The highest BCUT2D eigenvalue weighted by Crippen LogP contribution is 2.52. The van der Waals surface area contributed by atoms with Crippen LogP contribution >= 0.6 is 15.9 Å². The van der Waals surface area contributed by atoms with Crippen LogP contribution in [0.2, 0.25) is 5.04 Å². The first kappa shape index (κ1) is 31.0. The van der Waals surface area contributed by atoms with E-state index in [0.29, 0.717) is 23.9 Å². The van der Waals surface area contributed by atoms with E-state index in [2.05, 4.69) is 61.0 Å². The smallest absolute Gasteiger partial charge is 0.487 e. The molecule has 2 aliphatic heterocycles. The number of amides is 2. The zero-order valence-corrected chi connectivity index (χ0v) is 28.0. The zero-order valence-electron chi connectivity index (χ0n) is 25.4. The summed E-state index contributed by atoms with van der Waals surface area (Å²) in [6.07, 6.45) is -0.00748. The lowest BCUT2D eigenvalue weighted by molar-refractivity contribution is -0.138. The second kappa shape index (κ2) is 11.7. The summed E-state index contributed by atoms with van der Waals surface area (Å²) in [6, 6.07) is 25.7. The van der Waals surface area contributed by atoms with Gasteiger partial charge in [0.25, 0.3) is 8.32 Å². The number of phenols is 1. The van der Waals surface area contributed by atoms with Crippen molar-refractivity contribution in [1.29, 1.82) is 0 Å². The van der Waals surface area contributed by atoms with Gasteiger partial charge in [0.15, 0.2) is 0 Å². The van der Waals surface area contributed by atoms with E-state index in [4.69, 9.17) is 9.08 Å². The van der Waals surface area contributed by atoms with Crippen molar-refractivity contribution in [3.63, 3.8) is 0 Å². The van der Waals surface area contributed by atoms with Crippen LogP contribution in [0.4, 0.5) is 0 Å². The van der Waals surface area contributed by atoms with Crippen molar-refractivity contribution in [2.45, 2.75) is 44.8 Å². The molecule has 3 aliphatic rings. The van der Waals surface area contributed by atoms with E-state index < -0.39 is 39.3 Å². The van der Waals surface area contributed by atoms with Gasteiger partial charge < -0.3 is 19.2 Å². The number of nitrogens with zero attached hydrogens (tertiary/aromatic N) is 1. The van der Waals surface area contributed by atoms with E-state index in [1.807, 2.05) is 36.4 Å². The first-order valence-corrected chi connectivity index (χ1v) is 17.7. The van der Waals surface area contributed by atoms with Gasteiger partial charge in [-0.3, -0.25) is 14.5 Å². The lowest BCUT2D eigenvalue weighted by Crippen LogP contribution is -2.66. The minimum Gasteiger partial charge on any atom is -0.508 e. The van der Waals surface area contributed by atoms with Gasteiger partial charge in [-0.05, 0) is 63.4 Å². The van der Waals surface area contributed by atoms with Gasteiger partial charge in [0, 0.05) is 17.1 Å². The molecule has 6 rings (SSSR count). The van der Waals surface area contributed by atoms with Crippen molar-refractivity contribution in [3.8, 4) is 5.75 Å². The van der Waals surface area contributed by atoms with Gasteiger partial charge in [0.05, 0.1) is 24.5 Å². The minimum atomic E-state index is -2.93. The molecule has 0 radical (unpaired) electrons. The van der Waals surface area contributed by atoms with Crippen LogP contribution < -0.4 is 10.4 Å². The van der Waals surface area contributed by atoms with Crippen molar-refractivity contribution >= 4 is 53.6 Å². The number of carbonyl (C=O) groups excluding carboxylic acids is 2. The van der Waals surface area contributed by atoms with Gasteiger partial charge in [0.1, 0.15) is 5.75 Å². The molecule has 44 heavy (non-hydrogen) atoms. The summed E-state index contributed by atoms with van der Waals surface area (Å²) in [6.45, 7) is 6.82. The second-order valence-electron chi connectivity index (χ2n) is 13.1. The lowest BCUT2D eigenvalue weighted by Gasteiger charge is -2.45. The average molecular weight is 674 g/mol. The first-order chi connectivity index (χ1) is 20.9. The highest BCUT2D eigenvalue weighted by Gasteiger charge is 2.58. The minimum absolute atomic E-state index is 0.0476. The Kier molecular flexibility index (Phi) is 8.26. The molecule has 0 spiro atoms. The van der Waals surface area contributed by atoms with Crippen LogP contribution in [0.15, 0.2) is 94.4 Å². The first-order valence-electron chi connectivity index (χ1n) is 15.0. The molecule has 0 saturated carbocycles. The Labute approximate surface area is 268 Å². The SMILES string of the molecule is CN1C(=O)[C@H]2[C@H](CC(CO[Si](c3ccccc3)(c3ccccc3)C(C)(C)C)=C3B(O)O[C@H](c4cc(Br)ccc4O)C[C@H]32)C1=O. The summed E-state index contributed by atoms with van der Waals surface area (Å²) in [4.78, 5) is 28.1. The summed E-state index contributed by atoms with van der Waals surface area (Å²) in [5.41, 5.74) is 1.96.